The zero-order chi connectivity index (χ0) is 24.8. The predicted molar refractivity (Wildman–Crippen MR) is 135 cm³/mol. The molecule has 2 unspecified atom stereocenters. The second-order valence-electron chi connectivity index (χ2n) is 9.48. The van der Waals surface area contributed by atoms with Gasteiger partial charge in [0.05, 0.1) is 11.9 Å². The van der Waals surface area contributed by atoms with Crippen molar-refractivity contribution in [2.24, 2.45) is 0 Å². The molecule has 0 bridgehead atoms. The second-order valence-corrected chi connectivity index (χ2v) is 10.4. The molecule has 36 heavy (non-hydrogen) atoms. The number of carbonyl (C=O) groups is 1. The largest absolute Gasteiger partial charge is 0.760 e. The molecule has 186 valence electrons. The SMILES string of the molecule is CC1Oc2cc(N3CCCC3=O)ccc2-c2cnc(Nc3cncc(CN(C4CC4)S(=O)[O-])c3)cc21. The number of pyridine rings is 2. The fourth-order valence-corrected chi connectivity index (χ4v) is 5.62. The van der Waals surface area contributed by atoms with E-state index in [1.54, 1.807) is 12.4 Å². The number of anilines is 3. The average Bonchev–Trinajstić information content (AvgIpc) is 3.62. The van der Waals surface area contributed by atoms with Gasteiger partial charge >= 0.3 is 0 Å². The second kappa shape index (κ2) is 9.27. The molecule has 1 aromatic carbocycles. The summed E-state index contributed by atoms with van der Waals surface area (Å²) < 4.78 is 30.8. The Balaban J connectivity index is 1.23. The predicted octanol–water partition coefficient (Wildman–Crippen LogP) is 4.23. The van der Waals surface area contributed by atoms with Gasteiger partial charge in [0.25, 0.3) is 0 Å². The van der Waals surface area contributed by atoms with Crippen LogP contribution < -0.4 is 15.0 Å². The molecule has 2 fully saturated rings. The lowest BCUT2D eigenvalue weighted by molar-refractivity contribution is -0.117. The van der Waals surface area contributed by atoms with Crippen molar-refractivity contribution in [2.45, 2.75) is 51.3 Å². The Morgan fingerprint density at radius 2 is 2.06 bits per heavy atom. The Hall–Kier alpha value is -3.34. The minimum Gasteiger partial charge on any atom is -0.760 e. The van der Waals surface area contributed by atoms with Gasteiger partial charge in [0, 0.05) is 77.7 Å². The molecular weight excluding hydrogens is 478 g/mol. The van der Waals surface area contributed by atoms with Crippen molar-refractivity contribution in [3.05, 3.63) is 60.0 Å². The van der Waals surface area contributed by atoms with Gasteiger partial charge in [0.15, 0.2) is 0 Å². The summed E-state index contributed by atoms with van der Waals surface area (Å²) in [6.07, 6.45) is 8.30. The summed E-state index contributed by atoms with van der Waals surface area (Å²) in [5.74, 6) is 1.55. The zero-order valence-corrected chi connectivity index (χ0v) is 20.7. The van der Waals surface area contributed by atoms with E-state index in [2.05, 4.69) is 15.3 Å². The van der Waals surface area contributed by atoms with Crippen molar-refractivity contribution in [3.8, 4) is 16.9 Å². The summed E-state index contributed by atoms with van der Waals surface area (Å²) in [5.41, 5.74) is 5.37. The summed E-state index contributed by atoms with van der Waals surface area (Å²) in [7, 11) is 0. The van der Waals surface area contributed by atoms with Gasteiger partial charge in [-0.05, 0) is 56.0 Å². The highest BCUT2D eigenvalue weighted by Crippen LogP contribution is 2.44. The van der Waals surface area contributed by atoms with Gasteiger partial charge < -0.3 is 19.5 Å². The molecule has 2 aliphatic heterocycles. The smallest absolute Gasteiger partial charge is 0.227 e. The first-order valence-corrected chi connectivity index (χ1v) is 13.2. The first kappa shape index (κ1) is 23.1. The highest BCUT2D eigenvalue weighted by Gasteiger charge is 2.30. The zero-order valence-electron chi connectivity index (χ0n) is 19.8. The number of amides is 1. The number of hydrogen-bond donors (Lipinski definition) is 1. The fourth-order valence-electron chi connectivity index (χ4n) is 4.91. The lowest BCUT2D eigenvalue weighted by Gasteiger charge is -2.28. The van der Waals surface area contributed by atoms with Crippen LogP contribution in [0.3, 0.4) is 0 Å². The number of hydrogen-bond acceptors (Lipinski definition) is 7. The van der Waals surface area contributed by atoms with Crippen LogP contribution in [0.1, 0.15) is 49.8 Å². The van der Waals surface area contributed by atoms with Crippen molar-refractivity contribution in [2.75, 3.05) is 16.8 Å². The summed E-state index contributed by atoms with van der Waals surface area (Å²) in [6, 6.07) is 9.87. The lowest BCUT2D eigenvalue weighted by atomic mass is 9.94. The van der Waals surface area contributed by atoms with Gasteiger partial charge in [-0.15, -0.1) is 0 Å². The van der Waals surface area contributed by atoms with E-state index in [1.807, 2.05) is 48.4 Å². The maximum absolute atomic E-state index is 12.2. The van der Waals surface area contributed by atoms with Crippen LogP contribution in [0.5, 0.6) is 5.75 Å². The molecule has 1 N–H and O–H groups in total. The third kappa shape index (κ3) is 4.47. The maximum atomic E-state index is 12.2. The van der Waals surface area contributed by atoms with Gasteiger partial charge in [0.1, 0.15) is 17.7 Å². The maximum Gasteiger partial charge on any atom is 0.227 e. The van der Waals surface area contributed by atoms with Gasteiger partial charge in [-0.3, -0.25) is 14.0 Å². The van der Waals surface area contributed by atoms with E-state index in [4.69, 9.17) is 4.74 Å². The van der Waals surface area contributed by atoms with Crippen molar-refractivity contribution in [3.63, 3.8) is 0 Å². The van der Waals surface area contributed by atoms with Crippen molar-refractivity contribution < 1.29 is 18.3 Å². The monoisotopic (exact) mass is 504 g/mol. The fraction of sp³-hybridized carbons (Fsp3) is 0.346. The molecule has 6 rings (SSSR count). The highest BCUT2D eigenvalue weighted by atomic mass is 32.2. The Bertz CT molecular complexity index is 1360. The summed E-state index contributed by atoms with van der Waals surface area (Å²) in [4.78, 5) is 22.9. The first-order chi connectivity index (χ1) is 17.5. The van der Waals surface area contributed by atoms with Gasteiger partial charge in [-0.2, -0.15) is 0 Å². The highest BCUT2D eigenvalue weighted by molar-refractivity contribution is 7.76. The van der Waals surface area contributed by atoms with Crippen LogP contribution >= 0.6 is 0 Å². The quantitative estimate of drug-likeness (QED) is 0.480. The molecular formula is C26H26N5O4S-. The molecule has 9 nitrogen and oxygen atoms in total. The number of ether oxygens (including phenoxy) is 1. The third-order valence-corrected chi connectivity index (χ3v) is 7.68. The molecule has 0 radical (unpaired) electrons. The van der Waals surface area contributed by atoms with E-state index in [-0.39, 0.29) is 18.1 Å². The number of rotatable bonds is 7. The average molecular weight is 505 g/mol. The van der Waals surface area contributed by atoms with Gasteiger partial charge in [-0.25, -0.2) is 9.29 Å². The topological polar surface area (TPSA) is 111 Å². The van der Waals surface area contributed by atoms with Crippen LogP contribution in [0, 0.1) is 0 Å². The van der Waals surface area contributed by atoms with Crippen LogP contribution in [0.2, 0.25) is 0 Å². The number of nitrogens with one attached hydrogen (secondary N) is 1. The molecule has 3 aliphatic rings. The molecule has 2 atom stereocenters. The number of nitrogens with zero attached hydrogens (tertiary/aromatic N) is 4. The normalized spacial score (nSPS) is 19.6. The van der Waals surface area contributed by atoms with Crippen LogP contribution in [0.4, 0.5) is 17.2 Å². The number of fused-ring (bicyclic) bond motifs is 3. The lowest BCUT2D eigenvalue weighted by Crippen LogP contribution is -2.27. The Morgan fingerprint density at radius 1 is 1.19 bits per heavy atom. The van der Waals surface area contributed by atoms with E-state index < -0.39 is 11.3 Å². The number of benzene rings is 1. The van der Waals surface area contributed by atoms with Crippen LogP contribution in [-0.2, 0) is 22.6 Å². The van der Waals surface area contributed by atoms with Crippen molar-refractivity contribution >= 4 is 34.4 Å². The molecule has 1 saturated heterocycles. The van der Waals surface area contributed by atoms with E-state index in [1.165, 1.54) is 4.31 Å². The summed E-state index contributed by atoms with van der Waals surface area (Å²) in [6.45, 7) is 3.04. The van der Waals surface area contributed by atoms with Crippen LogP contribution in [0.15, 0.2) is 48.9 Å². The minimum atomic E-state index is -2.25. The molecule has 0 spiro atoms. The van der Waals surface area contributed by atoms with E-state index in [0.29, 0.717) is 18.8 Å². The van der Waals surface area contributed by atoms with Crippen molar-refractivity contribution in [1.29, 1.82) is 0 Å². The standard InChI is InChI=1S/C26H27N5O4S/c1-16-22-11-25(29-18-9-17(12-27-13-18)15-31(36(33)34)19-4-5-19)28-14-23(22)21-7-6-20(10-24(21)35-16)30-8-2-3-26(30)32/h6-7,9-14,16,19H,2-5,8,15H2,1H3,(H,28,29)(H,33,34)/p-1. The molecule has 10 heteroatoms. The summed E-state index contributed by atoms with van der Waals surface area (Å²) in [5, 5.41) is 3.29. The van der Waals surface area contributed by atoms with E-state index in [0.717, 1.165) is 65.2 Å². The van der Waals surface area contributed by atoms with Crippen LogP contribution in [0.25, 0.3) is 11.1 Å². The van der Waals surface area contributed by atoms with Crippen LogP contribution in [-0.4, -0.2) is 41.5 Å². The molecule has 4 heterocycles. The van der Waals surface area contributed by atoms with Crippen molar-refractivity contribution in [1.82, 2.24) is 14.3 Å². The van der Waals surface area contributed by atoms with Gasteiger partial charge in [-0.1, -0.05) is 0 Å². The first-order valence-electron chi connectivity index (χ1n) is 12.1. The number of aromatic nitrogens is 2. The molecule has 1 aliphatic carbocycles. The number of carbonyl (C=O) groups excluding carboxylic acids is 1. The molecule has 1 amide bonds. The molecule has 1 saturated carbocycles. The Morgan fingerprint density at radius 3 is 2.81 bits per heavy atom. The third-order valence-electron chi connectivity index (χ3n) is 6.87. The van der Waals surface area contributed by atoms with Gasteiger partial charge in [0.2, 0.25) is 5.91 Å². The Labute approximate surface area is 211 Å². The molecule has 3 aromatic rings. The Kier molecular flexibility index (Phi) is 5.94. The minimum absolute atomic E-state index is 0.0959. The van der Waals surface area contributed by atoms with E-state index in [9.17, 15) is 13.6 Å². The molecule has 2 aromatic heterocycles. The van der Waals surface area contributed by atoms with E-state index >= 15 is 0 Å². The summed E-state index contributed by atoms with van der Waals surface area (Å²) >= 11 is -2.25.